The second kappa shape index (κ2) is 6.66. The van der Waals surface area contributed by atoms with Gasteiger partial charge in [-0.15, -0.1) is 5.73 Å². The van der Waals surface area contributed by atoms with Crippen molar-refractivity contribution >= 4 is 5.97 Å². The fourth-order valence-electron chi connectivity index (χ4n) is 7.71. The SMILES string of the molecule is CC=C1C[C@H]2[C@@H]3CC[C@H](OC(C)=O)[C@@]3(C)CC[C@@H]2[C@]2(C)C1=C=CC[C@H]2CC. The first-order valence-electron chi connectivity index (χ1n) is 11.1. The minimum atomic E-state index is -0.109. The molecular formula is C25H36O2. The minimum absolute atomic E-state index is 0.109. The molecule has 0 heterocycles. The van der Waals surface area contributed by atoms with E-state index in [-0.39, 0.29) is 22.9 Å². The number of ether oxygens (including phenoxy) is 1. The lowest BCUT2D eigenvalue weighted by Crippen LogP contribution is -2.53. The molecule has 0 aromatic rings. The van der Waals surface area contributed by atoms with E-state index in [1.807, 2.05) is 0 Å². The first-order valence-corrected chi connectivity index (χ1v) is 11.1. The van der Waals surface area contributed by atoms with Crippen molar-refractivity contribution in [1.29, 1.82) is 0 Å². The van der Waals surface area contributed by atoms with Gasteiger partial charge in [0.05, 0.1) is 0 Å². The van der Waals surface area contributed by atoms with Gasteiger partial charge in [0.2, 0.25) is 0 Å². The molecule has 0 spiro atoms. The molecule has 0 aromatic heterocycles. The van der Waals surface area contributed by atoms with E-state index < -0.39 is 0 Å². The van der Waals surface area contributed by atoms with Crippen LogP contribution in [0.2, 0.25) is 0 Å². The predicted molar refractivity (Wildman–Crippen MR) is 109 cm³/mol. The lowest BCUT2D eigenvalue weighted by Gasteiger charge is -2.59. The zero-order valence-corrected chi connectivity index (χ0v) is 17.8. The van der Waals surface area contributed by atoms with E-state index in [1.54, 1.807) is 6.92 Å². The summed E-state index contributed by atoms with van der Waals surface area (Å²) in [4.78, 5) is 11.7. The van der Waals surface area contributed by atoms with Crippen LogP contribution >= 0.6 is 0 Å². The van der Waals surface area contributed by atoms with Gasteiger partial charge in [-0.25, -0.2) is 0 Å². The molecule has 27 heavy (non-hydrogen) atoms. The van der Waals surface area contributed by atoms with Crippen molar-refractivity contribution in [3.8, 4) is 0 Å². The number of carbonyl (C=O) groups excluding carboxylic acids is 1. The van der Waals surface area contributed by atoms with Crippen LogP contribution in [0.25, 0.3) is 0 Å². The number of esters is 1. The summed E-state index contributed by atoms with van der Waals surface area (Å²) in [6.07, 6.45) is 13.1. The topological polar surface area (TPSA) is 26.3 Å². The van der Waals surface area contributed by atoms with Gasteiger partial charge in [-0.05, 0) is 80.8 Å². The number of allylic oxidation sites excluding steroid dienone is 3. The van der Waals surface area contributed by atoms with Crippen molar-refractivity contribution in [3.63, 3.8) is 0 Å². The maximum Gasteiger partial charge on any atom is 0.302 e. The van der Waals surface area contributed by atoms with Gasteiger partial charge in [-0.2, -0.15) is 0 Å². The fourth-order valence-corrected chi connectivity index (χ4v) is 7.71. The molecular weight excluding hydrogens is 332 g/mol. The summed E-state index contributed by atoms with van der Waals surface area (Å²) < 4.78 is 5.81. The summed E-state index contributed by atoms with van der Waals surface area (Å²) in [5.74, 6) is 2.76. The summed E-state index contributed by atoms with van der Waals surface area (Å²) in [6, 6.07) is 0. The number of rotatable bonds is 2. The molecule has 0 amide bonds. The molecule has 0 aliphatic heterocycles. The van der Waals surface area contributed by atoms with Gasteiger partial charge < -0.3 is 4.74 Å². The van der Waals surface area contributed by atoms with Gasteiger partial charge in [0.15, 0.2) is 0 Å². The first kappa shape index (κ1) is 19.1. The molecule has 0 aromatic carbocycles. The van der Waals surface area contributed by atoms with Crippen molar-refractivity contribution in [2.24, 2.45) is 34.5 Å². The molecule has 4 rings (SSSR count). The van der Waals surface area contributed by atoms with E-state index >= 15 is 0 Å². The maximum atomic E-state index is 11.7. The van der Waals surface area contributed by atoms with Crippen LogP contribution in [-0.2, 0) is 9.53 Å². The van der Waals surface area contributed by atoms with E-state index in [9.17, 15) is 4.79 Å². The fraction of sp³-hybridized carbons (Fsp3) is 0.760. The van der Waals surface area contributed by atoms with E-state index in [4.69, 9.17) is 4.74 Å². The molecule has 0 N–H and O–H groups in total. The Morgan fingerprint density at radius 3 is 2.74 bits per heavy atom. The van der Waals surface area contributed by atoms with Crippen LogP contribution in [0, 0.1) is 34.5 Å². The molecule has 3 fully saturated rings. The predicted octanol–water partition coefficient (Wildman–Crippen LogP) is 6.23. The van der Waals surface area contributed by atoms with Crippen LogP contribution in [0.4, 0.5) is 0 Å². The van der Waals surface area contributed by atoms with Gasteiger partial charge in [-0.3, -0.25) is 4.79 Å². The third kappa shape index (κ3) is 2.63. The van der Waals surface area contributed by atoms with E-state index in [0.717, 1.165) is 24.2 Å². The third-order valence-corrected chi connectivity index (χ3v) is 9.08. The van der Waals surface area contributed by atoms with Gasteiger partial charge in [-0.1, -0.05) is 33.3 Å². The Morgan fingerprint density at radius 1 is 1.30 bits per heavy atom. The summed E-state index contributed by atoms with van der Waals surface area (Å²) in [5, 5.41) is 0. The van der Waals surface area contributed by atoms with Crippen molar-refractivity contribution in [2.75, 3.05) is 0 Å². The van der Waals surface area contributed by atoms with Crippen LogP contribution in [0.15, 0.2) is 29.0 Å². The molecule has 2 nitrogen and oxygen atoms in total. The molecule has 2 heteroatoms. The van der Waals surface area contributed by atoms with Crippen LogP contribution in [0.5, 0.6) is 0 Å². The molecule has 0 saturated heterocycles. The number of hydrogen-bond acceptors (Lipinski definition) is 2. The van der Waals surface area contributed by atoms with E-state index in [0.29, 0.717) is 5.92 Å². The van der Waals surface area contributed by atoms with Gasteiger partial charge >= 0.3 is 5.97 Å². The largest absolute Gasteiger partial charge is 0.462 e. The molecule has 0 bridgehead atoms. The Hall–Kier alpha value is -1.27. The average Bonchev–Trinajstić information content (AvgIpc) is 2.96. The zero-order chi connectivity index (χ0) is 19.4. The molecule has 7 atom stereocenters. The first-order chi connectivity index (χ1) is 12.9. The highest BCUT2D eigenvalue weighted by molar-refractivity contribution is 5.66. The highest BCUT2D eigenvalue weighted by Gasteiger charge is 2.61. The van der Waals surface area contributed by atoms with E-state index in [1.165, 1.54) is 49.7 Å². The highest BCUT2D eigenvalue weighted by atomic mass is 16.5. The van der Waals surface area contributed by atoms with Crippen molar-refractivity contribution in [3.05, 3.63) is 29.0 Å². The van der Waals surface area contributed by atoms with Crippen molar-refractivity contribution in [2.45, 2.75) is 85.7 Å². The quantitative estimate of drug-likeness (QED) is 0.427. The Balaban J connectivity index is 1.74. The number of carbonyl (C=O) groups is 1. The summed E-state index contributed by atoms with van der Waals surface area (Å²) in [7, 11) is 0. The number of hydrogen-bond donors (Lipinski definition) is 0. The minimum Gasteiger partial charge on any atom is -0.462 e. The third-order valence-electron chi connectivity index (χ3n) is 9.08. The van der Waals surface area contributed by atoms with Crippen LogP contribution in [-0.4, -0.2) is 12.1 Å². The zero-order valence-electron chi connectivity index (χ0n) is 17.8. The summed E-state index contributed by atoms with van der Waals surface area (Å²) in [5.41, 5.74) is 7.19. The summed E-state index contributed by atoms with van der Waals surface area (Å²) in [6.45, 7) is 11.1. The average molecular weight is 369 g/mol. The Labute approximate surface area is 165 Å². The molecule has 4 aliphatic carbocycles. The molecule has 0 radical (unpaired) electrons. The maximum absolute atomic E-state index is 11.7. The van der Waals surface area contributed by atoms with Crippen molar-refractivity contribution < 1.29 is 9.53 Å². The molecule has 3 saturated carbocycles. The van der Waals surface area contributed by atoms with Gasteiger partial charge in [0.25, 0.3) is 0 Å². The van der Waals surface area contributed by atoms with Gasteiger partial charge in [0, 0.05) is 23.3 Å². The molecule has 4 aliphatic rings. The lowest BCUT2D eigenvalue weighted by molar-refractivity contribution is -0.157. The Kier molecular flexibility index (Phi) is 4.70. The monoisotopic (exact) mass is 368 g/mol. The second-order valence-corrected chi connectivity index (χ2v) is 9.96. The van der Waals surface area contributed by atoms with Crippen molar-refractivity contribution in [1.82, 2.24) is 0 Å². The van der Waals surface area contributed by atoms with Gasteiger partial charge in [0.1, 0.15) is 6.10 Å². The number of fused-ring (bicyclic) bond motifs is 5. The van der Waals surface area contributed by atoms with Crippen LogP contribution in [0.1, 0.15) is 79.6 Å². The highest BCUT2D eigenvalue weighted by Crippen LogP contribution is 2.67. The van der Waals surface area contributed by atoms with Crippen LogP contribution in [0.3, 0.4) is 0 Å². The standard InChI is InChI=1S/C25H36O2/c1-6-17-15-19-21-11-12-23(27-16(3)26)24(21,4)14-13-22(19)25(5)18(7-2)9-8-10-20(17)25/h6,8,18-19,21-23H,7,9,11-15H2,1-5H3/t18-,19+,21+,22+,23+,24+,25+/m1/s1. The molecule has 0 unspecified atom stereocenters. The Bertz CT molecular complexity index is 725. The smallest absolute Gasteiger partial charge is 0.302 e. The normalized spacial score (nSPS) is 47.1. The van der Waals surface area contributed by atoms with E-state index in [2.05, 4.69) is 45.6 Å². The summed E-state index contributed by atoms with van der Waals surface area (Å²) >= 11 is 0. The van der Waals surface area contributed by atoms with Crippen LogP contribution < -0.4 is 0 Å². The second-order valence-electron chi connectivity index (χ2n) is 9.96. The Morgan fingerprint density at radius 2 is 2.07 bits per heavy atom. The lowest BCUT2D eigenvalue weighted by atomic mass is 9.44. The molecule has 148 valence electrons.